The molecule has 1 heterocycles. The van der Waals surface area contributed by atoms with Gasteiger partial charge in [0.15, 0.2) is 0 Å². The first-order valence-corrected chi connectivity index (χ1v) is 6.00. The summed E-state index contributed by atoms with van der Waals surface area (Å²) in [5.41, 5.74) is 6.63. The number of hydrogen-bond donors (Lipinski definition) is 1. The first-order valence-electron chi connectivity index (χ1n) is 6.00. The summed E-state index contributed by atoms with van der Waals surface area (Å²) in [5.74, 6) is -0.0670. The Kier molecular flexibility index (Phi) is 2.48. The molecule has 0 bridgehead atoms. The lowest BCUT2D eigenvalue weighted by Crippen LogP contribution is -2.54. The molecular weight excluding hydrogens is 228 g/mol. The lowest BCUT2D eigenvalue weighted by molar-refractivity contribution is 0.0792. The maximum Gasteiger partial charge on any atom is 0.202 e. The van der Waals surface area contributed by atoms with Crippen molar-refractivity contribution in [2.45, 2.75) is 24.8 Å². The van der Waals surface area contributed by atoms with Gasteiger partial charge in [-0.25, -0.2) is 4.68 Å². The van der Waals surface area contributed by atoms with Crippen molar-refractivity contribution in [2.75, 3.05) is 0 Å². The Morgan fingerprint density at radius 3 is 2.61 bits per heavy atom. The van der Waals surface area contributed by atoms with Crippen LogP contribution in [0.4, 0.5) is 0 Å². The van der Waals surface area contributed by atoms with E-state index in [-0.39, 0.29) is 5.78 Å². The van der Waals surface area contributed by atoms with Gasteiger partial charge in [-0.05, 0) is 31.4 Å². The van der Waals surface area contributed by atoms with Gasteiger partial charge in [0.05, 0.1) is 17.4 Å². The number of Topliss-reactive ketones (excluding diaryl/α,β-unsaturated/α-hetero) is 1. The van der Waals surface area contributed by atoms with Crippen LogP contribution in [0, 0.1) is 0 Å². The topological polar surface area (TPSA) is 73.8 Å². The van der Waals surface area contributed by atoms with E-state index in [2.05, 4.69) is 10.3 Å². The molecule has 5 nitrogen and oxygen atoms in total. The van der Waals surface area contributed by atoms with E-state index in [1.54, 1.807) is 4.68 Å². The molecule has 0 spiro atoms. The minimum absolute atomic E-state index is 0.0670. The Bertz CT molecular complexity index is 572. The fourth-order valence-electron chi connectivity index (χ4n) is 2.19. The summed E-state index contributed by atoms with van der Waals surface area (Å²) in [5, 5.41) is 7.80. The van der Waals surface area contributed by atoms with E-state index in [4.69, 9.17) is 5.73 Å². The number of para-hydroxylation sites is 1. The maximum absolute atomic E-state index is 12.4. The lowest BCUT2D eigenvalue weighted by atomic mass is 9.74. The molecule has 1 fully saturated rings. The standard InChI is InChI=1S/C13H14N4O/c14-13(7-4-8-13)12(18)11-9-15-16-17(11)10-5-2-1-3-6-10/h1-3,5-6,9H,4,7-8,14H2. The summed E-state index contributed by atoms with van der Waals surface area (Å²) >= 11 is 0. The van der Waals surface area contributed by atoms with Crippen LogP contribution in [0.3, 0.4) is 0 Å². The van der Waals surface area contributed by atoms with Crippen molar-refractivity contribution >= 4 is 5.78 Å². The summed E-state index contributed by atoms with van der Waals surface area (Å²) in [6.45, 7) is 0. The molecule has 3 rings (SSSR count). The van der Waals surface area contributed by atoms with Crippen molar-refractivity contribution < 1.29 is 4.79 Å². The number of hydrogen-bond acceptors (Lipinski definition) is 4. The molecule has 1 aliphatic carbocycles. The third-order valence-corrected chi connectivity index (χ3v) is 3.48. The van der Waals surface area contributed by atoms with E-state index in [1.165, 1.54) is 6.20 Å². The minimum atomic E-state index is -0.714. The molecule has 0 saturated heterocycles. The summed E-state index contributed by atoms with van der Waals surface area (Å²) in [6.07, 6.45) is 3.98. The van der Waals surface area contributed by atoms with Crippen molar-refractivity contribution in [2.24, 2.45) is 5.73 Å². The van der Waals surface area contributed by atoms with Crippen LogP contribution >= 0.6 is 0 Å². The predicted molar refractivity (Wildman–Crippen MR) is 66.5 cm³/mol. The highest BCUT2D eigenvalue weighted by atomic mass is 16.1. The van der Waals surface area contributed by atoms with Gasteiger partial charge < -0.3 is 5.73 Å². The molecule has 2 N–H and O–H groups in total. The smallest absolute Gasteiger partial charge is 0.202 e. The van der Waals surface area contributed by atoms with Gasteiger partial charge in [0, 0.05) is 0 Å². The Hall–Kier alpha value is -2.01. The zero-order valence-electron chi connectivity index (χ0n) is 9.91. The Morgan fingerprint density at radius 1 is 1.28 bits per heavy atom. The van der Waals surface area contributed by atoms with Crippen LogP contribution in [-0.2, 0) is 0 Å². The maximum atomic E-state index is 12.4. The fourth-order valence-corrected chi connectivity index (χ4v) is 2.19. The first kappa shape index (κ1) is 11.1. The molecule has 2 aromatic rings. The zero-order valence-corrected chi connectivity index (χ0v) is 9.91. The third-order valence-electron chi connectivity index (χ3n) is 3.48. The highest BCUT2D eigenvalue weighted by Gasteiger charge is 2.42. The van der Waals surface area contributed by atoms with Gasteiger partial charge in [-0.1, -0.05) is 23.4 Å². The molecule has 0 atom stereocenters. The molecule has 92 valence electrons. The molecule has 0 aliphatic heterocycles. The van der Waals surface area contributed by atoms with Crippen LogP contribution in [-0.4, -0.2) is 26.3 Å². The average Bonchev–Trinajstić information content (AvgIpc) is 2.85. The number of benzene rings is 1. The van der Waals surface area contributed by atoms with Crippen molar-refractivity contribution in [3.63, 3.8) is 0 Å². The normalized spacial score (nSPS) is 17.2. The van der Waals surface area contributed by atoms with Gasteiger partial charge in [0.25, 0.3) is 0 Å². The second-order valence-electron chi connectivity index (χ2n) is 4.71. The summed E-state index contributed by atoms with van der Waals surface area (Å²) in [4.78, 5) is 12.4. The molecule has 1 aromatic heterocycles. The van der Waals surface area contributed by atoms with E-state index in [9.17, 15) is 4.79 Å². The number of nitrogens with two attached hydrogens (primary N) is 1. The second-order valence-corrected chi connectivity index (χ2v) is 4.71. The van der Waals surface area contributed by atoms with Crippen LogP contribution in [0.15, 0.2) is 36.5 Å². The van der Waals surface area contributed by atoms with E-state index in [0.29, 0.717) is 5.69 Å². The van der Waals surface area contributed by atoms with Crippen LogP contribution in [0.1, 0.15) is 29.8 Å². The van der Waals surface area contributed by atoms with Gasteiger partial charge in [-0.15, -0.1) is 5.10 Å². The monoisotopic (exact) mass is 242 g/mol. The highest BCUT2D eigenvalue weighted by Crippen LogP contribution is 2.32. The average molecular weight is 242 g/mol. The lowest BCUT2D eigenvalue weighted by Gasteiger charge is -2.36. The summed E-state index contributed by atoms with van der Waals surface area (Å²) in [6, 6.07) is 9.47. The molecular formula is C13H14N4O. The number of ketones is 1. The van der Waals surface area contributed by atoms with Crippen LogP contribution in [0.25, 0.3) is 5.69 Å². The molecule has 1 saturated carbocycles. The van der Waals surface area contributed by atoms with E-state index < -0.39 is 5.54 Å². The van der Waals surface area contributed by atoms with Crippen molar-refractivity contribution in [1.82, 2.24) is 15.0 Å². The predicted octanol–water partition coefficient (Wildman–Crippen LogP) is 1.33. The molecule has 18 heavy (non-hydrogen) atoms. The van der Waals surface area contributed by atoms with E-state index in [1.807, 2.05) is 30.3 Å². The van der Waals surface area contributed by atoms with Gasteiger partial charge >= 0.3 is 0 Å². The molecule has 1 aliphatic rings. The van der Waals surface area contributed by atoms with Crippen LogP contribution < -0.4 is 5.73 Å². The molecule has 1 aromatic carbocycles. The summed E-state index contributed by atoms with van der Waals surface area (Å²) < 4.78 is 1.55. The van der Waals surface area contributed by atoms with Gasteiger partial charge in [0.2, 0.25) is 5.78 Å². The third kappa shape index (κ3) is 1.64. The number of rotatable bonds is 3. The molecule has 5 heteroatoms. The molecule has 0 unspecified atom stereocenters. The largest absolute Gasteiger partial charge is 0.319 e. The van der Waals surface area contributed by atoms with Crippen molar-refractivity contribution in [3.05, 3.63) is 42.2 Å². The van der Waals surface area contributed by atoms with Crippen LogP contribution in [0.5, 0.6) is 0 Å². The highest BCUT2D eigenvalue weighted by molar-refractivity contribution is 6.02. The van der Waals surface area contributed by atoms with Gasteiger partial charge in [-0.2, -0.15) is 0 Å². The van der Waals surface area contributed by atoms with Gasteiger partial charge in [-0.3, -0.25) is 4.79 Å². The number of carbonyl (C=O) groups is 1. The Labute approximate surface area is 105 Å². The van der Waals surface area contributed by atoms with E-state index >= 15 is 0 Å². The SMILES string of the molecule is NC1(C(=O)c2cnnn2-c2ccccc2)CCC1. The quantitative estimate of drug-likeness (QED) is 0.824. The molecule has 0 radical (unpaired) electrons. The number of carbonyl (C=O) groups excluding carboxylic acids is 1. The number of aromatic nitrogens is 3. The first-order chi connectivity index (χ1) is 8.71. The van der Waals surface area contributed by atoms with Crippen molar-refractivity contribution in [1.29, 1.82) is 0 Å². The zero-order chi connectivity index (χ0) is 12.6. The Balaban J connectivity index is 2.00. The second kappa shape index (κ2) is 4.03. The van der Waals surface area contributed by atoms with E-state index in [0.717, 1.165) is 24.9 Å². The van der Waals surface area contributed by atoms with Crippen molar-refractivity contribution in [3.8, 4) is 5.69 Å². The summed E-state index contributed by atoms with van der Waals surface area (Å²) in [7, 11) is 0. The Morgan fingerprint density at radius 2 is 2.00 bits per heavy atom. The van der Waals surface area contributed by atoms with Gasteiger partial charge in [0.1, 0.15) is 5.69 Å². The van der Waals surface area contributed by atoms with Crippen LogP contribution in [0.2, 0.25) is 0 Å². The minimum Gasteiger partial charge on any atom is -0.319 e. The molecule has 0 amide bonds. The number of nitrogens with zero attached hydrogens (tertiary/aromatic N) is 3. The fraction of sp³-hybridized carbons (Fsp3) is 0.308.